The second kappa shape index (κ2) is 11.6. The van der Waals surface area contributed by atoms with Crippen molar-refractivity contribution in [2.24, 2.45) is 0 Å². The van der Waals surface area contributed by atoms with Crippen molar-refractivity contribution in [1.82, 2.24) is 20.5 Å². The molecule has 3 amide bonds. The van der Waals surface area contributed by atoms with Crippen LogP contribution in [0.15, 0.2) is 35.8 Å². The van der Waals surface area contributed by atoms with E-state index in [1.807, 2.05) is 11.6 Å². The largest absolute Gasteiger partial charge is 0.447 e. The fourth-order valence-corrected chi connectivity index (χ4v) is 3.90. The highest BCUT2D eigenvalue weighted by Crippen LogP contribution is 2.21. The van der Waals surface area contributed by atoms with Gasteiger partial charge in [0.25, 0.3) is 0 Å². The predicted octanol–water partition coefficient (Wildman–Crippen LogP) is 2.83. The van der Waals surface area contributed by atoms with Crippen molar-refractivity contribution in [1.29, 1.82) is 0 Å². The Bertz CT molecular complexity index is 826. The first-order valence-electron chi connectivity index (χ1n) is 10.0. The van der Waals surface area contributed by atoms with Crippen LogP contribution in [0.4, 0.5) is 23.5 Å². The maximum Gasteiger partial charge on any atom is 0.418 e. The van der Waals surface area contributed by atoms with Gasteiger partial charge in [0.1, 0.15) is 6.61 Å². The molecule has 0 aliphatic carbocycles. The van der Waals surface area contributed by atoms with E-state index in [0.717, 1.165) is 48.1 Å². The Kier molecular flexibility index (Phi) is 8.53. The molecule has 0 spiro atoms. The molecule has 168 valence electrons. The molecule has 8 nitrogen and oxygen atoms in total. The molecule has 0 radical (unpaired) electrons. The Morgan fingerprint density at radius 2 is 1.87 bits per heavy atom. The zero-order chi connectivity index (χ0) is 22.1. The number of nitrogens with one attached hydrogen (secondary N) is 2. The number of rotatable bonds is 5. The number of cyclic esters (lactones) is 1. The topological polar surface area (TPSA) is 86.8 Å². The van der Waals surface area contributed by atoms with Crippen LogP contribution in [-0.2, 0) is 4.74 Å². The molecule has 11 heteroatoms. The first kappa shape index (κ1) is 22.9. The number of hydrogen-bond donors (Lipinski definition) is 2. The fraction of sp³-hybridized carbons (Fsp3) is 0.450. The van der Waals surface area contributed by atoms with Crippen LogP contribution in [0, 0.1) is 11.6 Å². The van der Waals surface area contributed by atoms with E-state index >= 15 is 0 Å². The maximum atomic E-state index is 11.9. The zero-order valence-corrected chi connectivity index (χ0v) is 17.7. The highest BCUT2D eigenvalue weighted by atomic mass is 32.1. The lowest BCUT2D eigenvalue weighted by molar-refractivity contribution is 0.158. The lowest BCUT2D eigenvalue weighted by Crippen LogP contribution is -2.46. The molecule has 2 aromatic rings. The summed E-state index contributed by atoms with van der Waals surface area (Å²) in [4.78, 5) is 30.7. The predicted molar refractivity (Wildman–Crippen MR) is 113 cm³/mol. The number of halogens is 2. The average Bonchev–Trinajstić information content (AvgIpc) is 3.46. The summed E-state index contributed by atoms with van der Waals surface area (Å²) in [6.07, 6.45) is 3.39. The van der Waals surface area contributed by atoms with Gasteiger partial charge < -0.3 is 20.3 Å². The van der Waals surface area contributed by atoms with Crippen molar-refractivity contribution < 1.29 is 23.1 Å². The Balaban J connectivity index is 0.000000287. The first-order valence-corrected chi connectivity index (χ1v) is 10.9. The average molecular weight is 454 g/mol. The number of ether oxygens (including phenoxy) is 1. The van der Waals surface area contributed by atoms with Gasteiger partial charge in [0.15, 0.2) is 16.8 Å². The second-order valence-electron chi connectivity index (χ2n) is 6.94. The van der Waals surface area contributed by atoms with E-state index in [2.05, 4.69) is 20.5 Å². The van der Waals surface area contributed by atoms with E-state index in [1.54, 1.807) is 11.3 Å². The van der Waals surface area contributed by atoms with Crippen LogP contribution < -0.4 is 15.5 Å². The van der Waals surface area contributed by atoms with Gasteiger partial charge in [0.05, 0.1) is 6.54 Å². The number of hydrogen-bond acceptors (Lipinski definition) is 7. The van der Waals surface area contributed by atoms with Crippen molar-refractivity contribution in [2.75, 3.05) is 44.2 Å². The number of carbonyl (C=O) groups excluding carboxylic acids is 2. The van der Waals surface area contributed by atoms with Crippen LogP contribution in [0.2, 0.25) is 0 Å². The monoisotopic (exact) mass is 453 g/mol. The second-order valence-corrected chi connectivity index (χ2v) is 7.82. The molecule has 0 unspecified atom stereocenters. The quantitative estimate of drug-likeness (QED) is 0.677. The number of anilines is 1. The number of urea groups is 1. The van der Waals surface area contributed by atoms with Gasteiger partial charge in [0.2, 0.25) is 0 Å². The van der Waals surface area contributed by atoms with Crippen molar-refractivity contribution in [3.05, 3.63) is 47.5 Å². The molecule has 2 saturated heterocycles. The molecule has 0 atom stereocenters. The molecule has 1 aromatic carbocycles. The number of benzene rings is 1. The molecule has 2 fully saturated rings. The molecule has 0 saturated carbocycles. The lowest BCUT2D eigenvalue weighted by Gasteiger charge is -2.32. The first-order chi connectivity index (χ1) is 15.0. The van der Waals surface area contributed by atoms with E-state index in [4.69, 9.17) is 4.74 Å². The van der Waals surface area contributed by atoms with Crippen molar-refractivity contribution in [3.63, 3.8) is 0 Å². The number of amides is 3. The van der Waals surface area contributed by atoms with Crippen molar-refractivity contribution in [2.45, 2.75) is 18.9 Å². The van der Waals surface area contributed by atoms with Gasteiger partial charge in [-0.25, -0.2) is 28.3 Å². The number of thiazole rings is 1. The van der Waals surface area contributed by atoms with E-state index in [9.17, 15) is 18.4 Å². The standard InChI is InChI=1S/C14H21N5O3S.C6H4F2/c20-12(19-8-9-22-14(19)21)16-4-3-15-11-1-6-18(7-2-11)13-17-5-10-23-13;7-5-3-1-2-4-6(5)8/h5,10-11,15H,1-4,6-9H2,(H,16,20);1-4H. The molecule has 0 bridgehead atoms. The van der Waals surface area contributed by atoms with Crippen LogP contribution in [0.25, 0.3) is 0 Å². The van der Waals surface area contributed by atoms with Gasteiger partial charge in [-0.2, -0.15) is 0 Å². The van der Waals surface area contributed by atoms with E-state index in [-0.39, 0.29) is 12.6 Å². The van der Waals surface area contributed by atoms with Gasteiger partial charge in [0, 0.05) is 43.8 Å². The summed E-state index contributed by atoms with van der Waals surface area (Å²) >= 11 is 1.67. The van der Waals surface area contributed by atoms with E-state index < -0.39 is 17.7 Å². The summed E-state index contributed by atoms with van der Waals surface area (Å²) in [6, 6.07) is 5.12. The van der Waals surface area contributed by atoms with Gasteiger partial charge >= 0.3 is 12.1 Å². The number of piperidine rings is 1. The summed E-state index contributed by atoms with van der Waals surface area (Å²) in [5, 5.41) is 9.27. The molecule has 31 heavy (non-hydrogen) atoms. The van der Waals surface area contributed by atoms with Gasteiger partial charge in [-0.05, 0) is 25.0 Å². The minimum atomic E-state index is -0.799. The molecule has 3 heterocycles. The van der Waals surface area contributed by atoms with Crippen LogP contribution in [0.3, 0.4) is 0 Å². The van der Waals surface area contributed by atoms with Gasteiger partial charge in [-0.3, -0.25) is 0 Å². The maximum absolute atomic E-state index is 11.9. The molecule has 1 aromatic heterocycles. The Labute approximate surface area is 183 Å². The van der Waals surface area contributed by atoms with E-state index in [1.165, 1.54) is 12.1 Å². The lowest BCUT2D eigenvalue weighted by atomic mass is 10.1. The summed E-state index contributed by atoms with van der Waals surface area (Å²) in [6.45, 7) is 3.79. The number of imide groups is 1. The van der Waals surface area contributed by atoms with Crippen molar-refractivity contribution in [3.8, 4) is 0 Å². The van der Waals surface area contributed by atoms with Crippen LogP contribution in [0.5, 0.6) is 0 Å². The highest BCUT2D eigenvalue weighted by molar-refractivity contribution is 7.13. The summed E-state index contributed by atoms with van der Waals surface area (Å²) < 4.78 is 28.6. The normalized spacial score (nSPS) is 16.5. The summed E-state index contributed by atoms with van der Waals surface area (Å²) in [5.74, 6) is -1.60. The van der Waals surface area contributed by atoms with Crippen LogP contribution in [0.1, 0.15) is 12.8 Å². The van der Waals surface area contributed by atoms with Crippen LogP contribution in [-0.4, -0.2) is 67.4 Å². The number of nitrogens with zero attached hydrogens (tertiary/aromatic N) is 3. The molecule has 2 N–H and O–H groups in total. The highest BCUT2D eigenvalue weighted by Gasteiger charge is 2.28. The Hall–Kier alpha value is -2.79. The molecular formula is C20H25F2N5O3S. The van der Waals surface area contributed by atoms with E-state index in [0.29, 0.717) is 25.7 Å². The van der Waals surface area contributed by atoms with Gasteiger partial charge in [-0.1, -0.05) is 12.1 Å². The van der Waals surface area contributed by atoms with Crippen LogP contribution >= 0.6 is 11.3 Å². The molecule has 2 aliphatic heterocycles. The third-order valence-corrected chi connectivity index (χ3v) is 5.68. The smallest absolute Gasteiger partial charge is 0.418 e. The molecular weight excluding hydrogens is 428 g/mol. The third kappa shape index (κ3) is 6.86. The third-order valence-electron chi connectivity index (χ3n) is 4.85. The summed E-state index contributed by atoms with van der Waals surface area (Å²) in [7, 11) is 0. The summed E-state index contributed by atoms with van der Waals surface area (Å²) in [5.41, 5.74) is 0. The fourth-order valence-electron chi connectivity index (χ4n) is 3.21. The number of aromatic nitrogens is 1. The minimum absolute atomic E-state index is 0.280. The number of carbonyl (C=O) groups is 2. The zero-order valence-electron chi connectivity index (χ0n) is 16.9. The molecule has 2 aliphatic rings. The van der Waals surface area contributed by atoms with Gasteiger partial charge in [-0.15, -0.1) is 11.3 Å². The molecule has 4 rings (SSSR count). The minimum Gasteiger partial charge on any atom is -0.447 e. The Morgan fingerprint density at radius 1 is 1.16 bits per heavy atom. The Morgan fingerprint density at radius 3 is 2.42 bits per heavy atom. The van der Waals surface area contributed by atoms with Crippen molar-refractivity contribution >= 4 is 28.6 Å². The SMILES string of the molecule is Fc1ccccc1F.O=C(NCCNC1CCN(c2nccs2)CC1)N1CCOC1=O.